The van der Waals surface area contributed by atoms with Gasteiger partial charge in [-0.05, 0) is 31.0 Å². The summed E-state index contributed by atoms with van der Waals surface area (Å²) >= 11 is 0. The summed E-state index contributed by atoms with van der Waals surface area (Å²) in [5, 5.41) is 3.06. The number of piperazine rings is 1. The van der Waals surface area contributed by atoms with Crippen molar-refractivity contribution < 1.29 is 4.79 Å². The molecule has 1 aromatic heterocycles. The van der Waals surface area contributed by atoms with Crippen molar-refractivity contribution in [1.82, 2.24) is 20.1 Å². The Morgan fingerprint density at radius 1 is 1.33 bits per heavy atom. The van der Waals surface area contributed by atoms with Crippen molar-refractivity contribution in [2.24, 2.45) is 0 Å². The number of amides is 1. The van der Waals surface area contributed by atoms with Crippen LogP contribution in [0.3, 0.4) is 0 Å². The van der Waals surface area contributed by atoms with Crippen molar-refractivity contribution in [1.29, 1.82) is 0 Å². The molecule has 0 atom stereocenters. The summed E-state index contributed by atoms with van der Waals surface area (Å²) in [4.78, 5) is 21.4. The van der Waals surface area contributed by atoms with Gasteiger partial charge in [-0.25, -0.2) is 0 Å². The highest BCUT2D eigenvalue weighted by molar-refractivity contribution is 5.87. The molecular formula is C16H24N4O. The SMILES string of the molecule is CCN1CCNC(=O)C12CCN(Cc1cccnc1)CC2. The first-order valence-electron chi connectivity index (χ1n) is 7.89. The Bertz CT molecular complexity index is 482. The number of carbonyl (C=O) groups is 1. The molecule has 5 heteroatoms. The number of nitrogens with zero attached hydrogens (tertiary/aromatic N) is 3. The molecule has 2 aliphatic rings. The summed E-state index contributed by atoms with van der Waals surface area (Å²) in [6.45, 7) is 7.74. The number of nitrogens with one attached hydrogen (secondary N) is 1. The zero-order chi connectivity index (χ0) is 14.7. The van der Waals surface area contributed by atoms with Gasteiger partial charge in [-0.2, -0.15) is 0 Å². The molecule has 2 fully saturated rings. The van der Waals surface area contributed by atoms with E-state index >= 15 is 0 Å². The first kappa shape index (κ1) is 14.5. The fourth-order valence-electron chi connectivity index (χ4n) is 3.66. The molecule has 0 unspecified atom stereocenters. The minimum Gasteiger partial charge on any atom is -0.353 e. The second kappa shape index (κ2) is 6.12. The van der Waals surface area contributed by atoms with Gasteiger partial charge in [-0.1, -0.05) is 13.0 Å². The van der Waals surface area contributed by atoms with Gasteiger partial charge in [-0.3, -0.25) is 19.6 Å². The lowest BCUT2D eigenvalue weighted by atomic mass is 9.83. The van der Waals surface area contributed by atoms with Gasteiger partial charge in [0, 0.05) is 45.1 Å². The molecule has 5 nitrogen and oxygen atoms in total. The van der Waals surface area contributed by atoms with E-state index < -0.39 is 0 Å². The number of hydrogen-bond acceptors (Lipinski definition) is 4. The minimum atomic E-state index is -0.265. The summed E-state index contributed by atoms with van der Waals surface area (Å²) < 4.78 is 0. The molecule has 1 amide bonds. The van der Waals surface area contributed by atoms with Crippen LogP contribution in [-0.4, -0.2) is 59.0 Å². The van der Waals surface area contributed by atoms with E-state index in [1.165, 1.54) is 5.56 Å². The highest BCUT2D eigenvalue weighted by atomic mass is 16.2. The van der Waals surface area contributed by atoms with Crippen molar-refractivity contribution in [2.75, 3.05) is 32.7 Å². The Labute approximate surface area is 126 Å². The smallest absolute Gasteiger partial charge is 0.240 e. The van der Waals surface area contributed by atoms with Crippen molar-refractivity contribution in [2.45, 2.75) is 31.8 Å². The third-order valence-corrected chi connectivity index (χ3v) is 4.89. The van der Waals surface area contributed by atoms with Gasteiger partial charge in [-0.15, -0.1) is 0 Å². The molecule has 1 N–H and O–H groups in total. The largest absolute Gasteiger partial charge is 0.353 e. The maximum absolute atomic E-state index is 12.4. The molecule has 3 rings (SSSR count). The van der Waals surface area contributed by atoms with Crippen molar-refractivity contribution in [3.63, 3.8) is 0 Å². The molecule has 1 aromatic rings. The zero-order valence-electron chi connectivity index (χ0n) is 12.7. The predicted octanol–water partition coefficient (Wildman–Crippen LogP) is 0.868. The Balaban J connectivity index is 1.64. The Hall–Kier alpha value is -1.46. The average molecular weight is 288 g/mol. The molecule has 2 aliphatic heterocycles. The van der Waals surface area contributed by atoms with Gasteiger partial charge in [0.2, 0.25) is 5.91 Å². The van der Waals surface area contributed by atoms with Gasteiger partial charge < -0.3 is 5.32 Å². The summed E-state index contributed by atoms with van der Waals surface area (Å²) in [5.41, 5.74) is 0.979. The lowest BCUT2D eigenvalue weighted by molar-refractivity contribution is -0.141. The number of carbonyl (C=O) groups excluding carboxylic acids is 1. The van der Waals surface area contributed by atoms with Crippen LogP contribution in [0.25, 0.3) is 0 Å². The van der Waals surface area contributed by atoms with Crippen LogP contribution in [0.15, 0.2) is 24.5 Å². The van der Waals surface area contributed by atoms with E-state index in [0.717, 1.165) is 52.1 Å². The zero-order valence-corrected chi connectivity index (χ0v) is 12.7. The number of piperidine rings is 1. The molecule has 0 aliphatic carbocycles. The minimum absolute atomic E-state index is 0.233. The van der Waals surface area contributed by atoms with Gasteiger partial charge in [0.25, 0.3) is 0 Å². The maximum Gasteiger partial charge on any atom is 0.240 e. The fraction of sp³-hybridized carbons (Fsp3) is 0.625. The van der Waals surface area contributed by atoms with Gasteiger partial charge in [0.1, 0.15) is 5.54 Å². The number of aromatic nitrogens is 1. The monoisotopic (exact) mass is 288 g/mol. The van der Waals surface area contributed by atoms with E-state index in [9.17, 15) is 4.79 Å². The van der Waals surface area contributed by atoms with Gasteiger partial charge in [0.15, 0.2) is 0 Å². The molecule has 1 spiro atoms. The molecule has 0 radical (unpaired) electrons. The Kier molecular flexibility index (Phi) is 4.22. The Morgan fingerprint density at radius 3 is 2.81 bits per heavy atom. The molecular weight excluding hydrogens is 264 g/mol. The maximum atomic E-state index is 12.4. The molecule has 3 heterocycles. The molecule has 0 bridgehead atoms. The average Bonchev–Trinajstić information content (AvgIpc) is 2.53. The van der Waals surface area contributed by atoms with Crippen LogP contribution in [0.1, 0.15) is 25.3 Å². The summed E-state index contributed by atoms with van der Waals surface area (Å²) in [6, 6.07) is 4.09. The van der Waals surface area contributed by atoms with Crippen LogP contribution in [0.5, 0.6) is 0 Å². The predicted molar refractivity (Wildman–Crippen MR) is 81.7 cm³/mol. The number of hydrogen-bond donors (Lipinski definition) is 1. The topological polar surface area (TPSA) is 48.5 Å². The normalized spacial score (nSPS) is 23.2. The van der Waals surface area contributed by atoms with E-state index in [0.29, 0.717) is 0 Å². The van der Waals surface area contributed by atoms with Crippen LogP contribution in [-0.2, 0) is 11.3 Å². The second-order valence-electron chi connectivity index (χ2n) is 6.00. The van der Waals surface area contributed by atoms with Crippen molar-refractivity contribution in [3.05, 3.63) is 30.1 Å². The first-order chi connectivity index (χ1) is 10.2. The van der Waals surface area contributed by atoms with Crippen LogP contribution < -0.4 is 5.32 Å². The summed E-state index contributed by atoms with van der Waals surface area (Å²) in [7, 11) is 0. The fourth-order valence-corrected chi connectivity index (χ4v) is 3.66. The van der Waals surface area contributed by atoms with E-state index in [1.54, 1.807) is 6.20 Å². The second-order valence-corrected chi connectivity index (χ2v) is 6.00. The molecule has 0 saturated carbocycles. The highest BCUT2D eigenvalue weighted by Crippen LogP contribution is 2.31. The number of likely N-dealkylation sites (N-methyl/N-ethyl adjacent to an activating group) is 1. The third kappa shape index (κ3) is 2.80. The van der Waals surface area contributed by atoms with Crippen LogP contribution in [0.2, 0.25) is 0 Å². The number of likely N-dealkylation sites (tertiary alicyclic amines) is 1. The molecule has 2 saturated heterocycles. The first-order valence-corrected chi connectivity index (χ1v) is 7.89. The highest BCUT2D eigenvalue weighted by Gasteiger charge is 2.47. The van der Waals surface area contributed by atoms with Crippen LogP contribution in [0.4, 0.5) is 0 Å². The number of rotatable bonds is 3. The van der Waals surface area contributed by atoms with E-state index in [4.69, 9.17) is 0 Å². The lowest BCUT2D eigenvalue weighted by Gasteiger charge is -2.49. The lowest BCUT2D eigenvalue weighted by Crippen LogP contribution is -2.67. The summed E-state index contributed by atoms with van der Waals surface area (Å²) in [6.07, 6.45) is 5.58. The quantitative estimate of drug-likeness (QED) is 0.896. The van der Waals surface area contributed by atoms with Crippen molar-refractivity contribution >= 4 is 5.91 Å². The van der Waals surface area contributed by atoms with E-state index in [-0.39, 0.29) is 11.4 Å². The van der Waals surface area contributed by atoms with Crippen LogP contribution in [0, 0.1) is 0 Å². The number of pyridine rings is 1. The van der Waals surface area contributed by atoms with E-state index in [2.05, 4.69) is 33.1 Å². The van der Waals surface area contributed by atoms with Gasteiger partial charge >= 0.3 is 0 Å². The molecule has 114 valence electrons. The molecule has 0 aromatic carbocycles. The third-order valence-electron chi connectivity index (χ3n) is 4.89. The molecule has 21 heavy (non-hydrogen) atoms. The summed E-state index contributed by atoms with van der Waals surface area (Å²) in [5.74, 6) is 0.233. The van der Waals surface area contributed by atoms with Gasteiger partial charge in [0.05, 0.1) is 0 Å². The van der Waals surface area contributed by atoms with Crippen molar-refractivity contribution in [3.8, 4) is 0 Å². The Morgan fingerprint density at radius 2 is 2.14 bits per heavy atom. The van der Waals surface area contributed by atoms with E-state index in [1.807, 2.05) is 12.3 Å². The standard InChI is InChI=1S/C16H24N4O/c1-2-20-11-8-18-15(21)16(20)5-9-19(10-6-16)13-14-4-3-7-17-12-14/h3-4,7,12H,2,5-6,8-11,13H2,1H3,(H,18,21). The van der Waals surface area contributed by atoms with Crippen LogP contribution >= 0.6 is 0 Å².